The minimum absolute atomic E-state index is 0.0763. The number of nitrogens with zero attached hydrogens (tertiary/aromatic N) is 1. The average Bonchev–Trinajstić information content (AvgIpc) is 3.52. The Labute approximate surface area is 340 Å². The van der Waals surface area contributed by atoms with Crippen LogP contribution in [0.2, 0.25) is 0 Å². The van der Waals surface area contributed by atoms with Crippen molar-refractivity contribution in [1.29, 1.82) is 0 Å². The Morgan fingerprint density at radius 2 is 1.11 bits per heavy atom. The molecule has 0 spiro atoms. The second-order valence-electron chi connectivity index (χ2n) is 16.1. The SMILES string of the molecule is CC1=C(C2=C(C(C)(c3ccccc3)c3ccccc3)CC=CC=C2)C(N(c2ccc(C)cc2)c2ccc(-c3ccc(-c4ccccc4C(C)C)cc3)cc2)CC=C1. The molecule has 0 aromatic heterocycles. The number of aryl methyl sites for hydroxylation is 1. The highest BCUT2D eigenvalue weighted by Crippen LogP contribution is 2.47. The van der Waals surface area contributed by atoms with Crippen molar-refractivity contribution < 1.29 is 0 Å². The van der Waals surface area contributed by atoms with Gasteiger partial charge in [0.05, 0.1) is 6.04 Å². The van der Waals surface area contributed by atoms with E-state index < -0.39 is 0 Å². The summed E-state index contributed by atoms with van der Waals surface area (Å²) in [6.07, 6.45) is 15.6. The van der Waals surface area contributed by atoms with Gasteiger partial charge < -0.3 is 4.90 Å². The summed E-state index contributed by atoms with van der Waals surface area (Å²) >= 11 is 0. The second-order valence-corrected chi connectivity index (χ2v) is 16.1. The van der Waals surface area contributed by atoms with Crippen molar-refractivity contribution in [2.45, 2.75) is 64.8 Å². The van der Waals surface area contributed by atoms with Crippen LogP contribution >= 0.6 is 0 Å². The highest BCUT2D eigenvalue weighted by molar-refractivity contribution is 5.76. The fourth-order valence-corrected chi connectivity index (χ4v) is 9.02. The molecule has 0 aliphatic heterocycles. The summed E-state index contributed by atoms with van der Waals surface area (Å²) in [7, 11) is 0. The van der Waals surface area contributed by atoms with Gasteiger partial charge in [-0.3, -0.25) is 0 Å². The van der Waals surface area contributed by atoms with Gasteiger partial charge in [-0.2, -0.15) is 0 Å². The van der Waals surface area contributed by atoms with Crippen LogP contribution in [-0.2, 0) is 5.41 Å². The molecule has 1 nitrogen and oxygen atoms in total. The van der Waals surface area contributed by atoms with Crippen molar-refractivity contribution in [3.63, 3.8) is 0 Å². The largest absolute Gasteiger partial charge is 0.334 e. The third-order valence-electron chi connectivity index (χ3n) is 12.1. The topological polar surface area (TPSA) is 3.24 Å². The molecule has 8 rings (SSSR count). The molecule has 57 heavy (non-hydrogen) atoms. The third kappa shape index (κ3) is 7.55. The van der Waals surface area contributed by atoms with Gasteiger partial charge in [-0.15, -0.1) is 0 Å². The predicted molar refractivity (Wildman–Crippen MR) is 244 cm³/mol. The average molecular weight is 740 g/mol. The molecule has 0 amide bonds. The quantitative estimate of drug-likeness (QED) is 0.135. The van der Waals surface area contributed by atoms with E-state index in [0.29, 0.717) is 5.92 Å². The molecular formula is C56H53N. The Morgan fingerprint density at radius 3 is 1.72 bits per heavy atom. The van der Waals surface area contributed by atoms with Gasteiger partial charge in [-0.05, 0) is 125 Å². The lowest BCUT2D eigenvalue weighted by atomic mass is 9.66. The molecule has 1 heteroatoms. The van der Waals surface area contributed by atoms with Crippen LogP contribution < -0.4 is 4.90 Å². The van der Waals surface area contributed by atoms with Crippen LogP contribution in [0.15, 0.2) is 216 Å². The van der Waals surface area contributed by atoms with Crippen LogP contribution in [0.5, 0.6) is 0 Å². The molecule has 0 saturated carbocycles. The van der Waals surface area contributed by atoms with Crippen molar-refractivity contribution in [2.75, 3.05) is 4.90 Å². The van der Waals surface area contributed by atoms with Crippen LogP contribution in [0.1, 0.15) is 68.7 Å². The maximum Gasteiger partial charge on any atom is 0.0634 e. The molecule has 0 saturated heterocycles. The maximum atomic E-state index is 2.58. The molecular weight excluding hydrogens is 687 g/mol. The van der Waals surface area contributed by atoms with Gasteiger partial charge in [-0.25, -0.2) is 0 Å². The van der Waals surface area contributed by atoms with Crippen molar-refractivity contribution >= 4 is 11.4 Å². The molecule has 1 unspecified atom stereocenters. The summed E-state index contributed by atoms with van der Waals surface area (Å²) in [5.74, 6) is 0.471. The number of hydrogen-bond donors (Lipinski definition) is 0. The van der Waals surface area contributed by atoms with Crippen LogP contribution in [0.25, 0.3) is 22.3 Å². The Kier molecular flexibility index (Phi) is 10.9. The van der Waals surface area contributed by atoms with Gasteiger partial charge in [-0.1, -0.05) is 189 Å². The van der Waals surface area contributed by atoms with Gasteiger partial charge in [0.25, 0.3) is 0 Å². The second kappa shape index (κ2) is 16.5. The lowest BCUT2D eigenvalue weighted by Crippen LogP contribution is -2.36. The smallest absolute Gasteiger partial charge is 0.0634 e. The van der Waals surface area contributed by atoms with E-state index in [9.17, 15) is 0 Å². The van der Waals surface area contributed by atoms with Crippen LogP contribution in [-0.4, -0.2) is 6.04 Å². The normalized spacial score (nSPS) is 15.6. The number of rotatable bonds is 10. The number of anilines is 2. The number of hydrogen-bond acceptors (Lipinski definition) is 1. The van der Waals surface area contributed by atoms with Crippen molar-refractivity contribution in [2.24, 2.45) is 0 Å². The van der Waals surface area contributed by atoms with Gasteiger partial charge in [0.15, 0.2) is 0 Å². The predicted octanol–water partition coefficient (Wildman–Crippen LogP) is 15.1. The molecule has 0 fully saturated rings. The van der Waals surface area contributed by atoms with Crippen molar-refractivity contribution in [3.8, 4) is 22.3 Å². The standard InChI is InChI=1S/C56H53N/c1-40(2)50-23-15-16-24-51(50)45-32-30-43(31-33-45)44-34-38-49(39-35-44)57(48-36-28-41(3)29-37-48)54-27-17-18-42(4)55(54)52-25-13-8-14-26-53(52)56(5,46-19-9-6-10-20-46)47-21-11-7-12-22-47/h6-25,28-40,54H,26-27H2,1-5H3. The molecule has 282 valence electrons. The van der Waals surface area contributed by atoms with E-state index in [4.69, 9.17) is 0 Å². The number of allylic oxidation sites excluding steroid dienone is 7. The van der Waals surface area contributed by atoms with Crippen LogP contribution in [0, 0.1) is 6.92 Å². The van der Waals surface area contributed by atoms with Crippen molar-refractivity contribution in [3.05, 3.63) is 239 Å². The molecule has 0 heterocycles. The van der Waals surface area contributed by atoms with E-state index in [2.05, 4.69) is 234 Å². The molecule has 0 N–H and O–H groups in total. The van der Waals surface area contributed by atoms with E-state index in [-0.39, 0.29) is 11.5 Å². The highest BCUT2D eigenvalue weighted by Gasteiger charge is 2.38. The molecule has 6 aromatic carbocycles. The highest BCUT2D eigenvalue weighted by atomic mass is 15.2. The molecule has 2 aliphatic carbocycles. The fraction of sp³-hybridized carbons (Fsp3) is 0.179. The summed E-state index contributed by atoms with van der Waals surface area (Å²) in [5, 5.41) is 0. The van der Waals surface area contributed by atoms with E-state index in [0.717, 1.165) is 12.8 Å². The van der Waals surface area contributed by atoms with Gasteiger partial charge in [0.1, 0.15) is 0 Å². The molecule has 6 aromatic rings. The Hall–Kier alpha value is -6.18. The van der Waals surface area contributed by atoms with E-state index in [1.807, 2.05) is 0 Å². The first kappa shape index (κ1) is 37.7. The lowest BCUT2D eigenvalue weighted by Gasteiger charge is -2.41. The Morgan fingerprint density at radius 1 is 0.561 bits per heavy atom. The van der Waals surface area contributed by atoms with Crippen LogP contribution in [0.3, 0.4) is 0 Å². The Balaban J connectivity index is 1.23. The summed E-state index contributed by atoms with van der Waals surface area (Å²) in [6, 6.07) is 58.4. The van der Waals surface area contributed by atoms with Gasteiger partial charge in [0.2, 0.25) is 0 Å². The third-order valence-corrected chi connectivity index (χ3v) is 12.1. The summed E-state index contributed by atoms with van der Waals surface area (Å²) in [4.78, 5) is 2.58. The molecule has 1 atom stereocenters. The van der Waals surface area contributed by atoms with E-state index >= 15 is 0 Å². The first-order valence-electron chi connectivity index (χ1n) is 20.5. The lowest BCUT2D eigenvalue weighted by molar-refractivity contribution is 0.646. The molecule has 0 bridgehead atoms. The number of benzene rings is 6. The summed E-state index contributed by atoms with van der Waals surface area (Å²) < 4.78 is 0. The minimum atomic E-state index is -0.349. The Bertz CT molecular complexity index is 2430. The zero-order valence-electron chi connectivity index (χ0n) is 34.0. The van der Waals surface area contributed by atoms with Crippen LogP contribution in [0.4, 0.5) is 11.4 Å². The molecule has 0 radical (unpaired) electrons. The first-order valence-corrected chi connectivity index (χ1v) is 20.5. The molecule has 2 aliphatic rings. The fourth-order valence-electron chi connectivity index (χ4n) is 9.02. The van der Waals surface area contributed by atoms with E-state index in [1.165, 1.54) is 78.2 Å². The van der Waals surface area contributed by atoms with Crippen molar-refractivity contribution in [1.82, 2.24) is 0 Å². The monoisotopic (exact) mass is 739 g/mol. The maximum absolute atomic E-state index is 2.58. The zero-order chi connectivity index (χ0) is 39.4. The minimum Gasteiger partial charge on any atom is -0.334 e. The van der Waals surface area contributed by atoms with Gasteiger partial charge >= 0.3 is 0 Å². The zero-order valence-corrected chi connectivity index (χ0v) is 34.0. The van der Waals surface area contributed by atoms with E-state index in [1.54, 1.807) is 0 Å². The summed E-state index contributed by atoms with van der Waals surface area (Å²) in [5.41, 5.74) is 17.7. The first-order chi connectivity index (χ1) is 27.8. The summed E-state index contributed by atoms with van der Waals surface area (Å²) in [6.45, 7) is 11.4. The van der Waals surface area contributed by atoms with Gasteiger partial charge in [0, 0.05) is 16.8 Å².